The third-order valence-corrected chi connectivity index (χ3v) is 3.38. The van der Waals surface area contributed by atoms with Crippen LogP contribution >= 0.6 is 28.1 Å². The minimum absolute atomic E-state index is 0.239. The molecule has 6 heteroatoms. The van der Waals surface area contributed by atoms with E-state index >= 15 is 0 Å². The van der Waals surface area contributed by atoms with Gasteiger partial charge in [-0.3, -0.25) is 10.1 Å². The molecule has 0 radical (unpaired) electrons. The van der Waals surface area contributed by atoms with Crippen molar-refractivity contribution in [1.29, 1.82) is 0 Å². The van der Waals surface area contributed by atoms with Crippen molar-refractivity contribution >= 4 is 39.2 Å². The molecule has 4 nitrogen and oxygen atoms in total. The Labute approximate surface area is 133 Å². The van der Waals surface area contributed by atoms with E-state index in [4.69, 9.17) is 17.0 Å². The molecule has 1 aromatic carbocycles. The number of amides is 1. The fourth-order valence-corrected chi connectivity index (χ4v) is 2.20. The van der Waals surface area contributed by atoms with Gasteiger partial charge in [0.25, 0.3) is 5.91 Å². The van der Waals surface area contributed by atoms with Crippen LogP contribution in [0.5, 0.6) is 5.75 Å². The summed E-state index contributed by atoms with van der Waals surface area (Å²) in [6, 6.07) is 5.23. The van der Waals surface area contributed by atoms with Gasteiger partial charge in [-0.25, -0.2) is 0 Å². The lowest BCUT2D eigenvalue weighted by Crippen LogP contribution is -2.39. The minimum Gasteiger partial charge on any atom is -0.492 e. The lowest BCUT2D eigenvalue weighted by Gasteiger charge is -2.10. The fourth-order valence-electron chi connectivity index (χ4n) is 1.47. The van der Waals surface area contributed by atoms with E-state index in [1.165, 1.54) is 0 Å². The Morgan fingerprint density at radius 3 is 2.75 bits per heavy atom. The molecule has 0 saturated carbocycles. The van der Waals surface area contributed by atoms with Crippen LogP contribution < -0.4 is 15.4 Å². The van der Waals surface area contributed by atoms with Crippen LogP contribution in [0.4, 0.5) is 0 Å². The summed E-state index contributed by atoms with van der Waals surface area (Å²) >= 11 is 8.39. The van der Waals surface area contributed by atoms with Gasteiger partial charge in [-0.2, -0.15) is 0 Å². The topological polar surface area (TPSA) is 50.4 Å². The number of halogens is 1. The number of nitrogens with one attached hydrogen (secondary N) is 2. The maximum Gasteiger partial charge on any atom is 0.257 e. The van der Waals surface area contributed by atoms with Crippen molar-refractivity contribution in [3.8, 4) is 5.75 Å². The van der Waals surface area contributed by atoms with Gasteiger partial charge in [-0.1, -0.05) is 13.3 Å². The highest BCUT2D eigenvalue weighted by Gasteiger charge is 2.10. The maximum absolute atomic E-state index is 12.0. The van der Waals surface area contributed by atoms with Crippen LogP contribution in [-0.4, -0.2) is 24.2 Å². The van der Waals surface area contributed by atoms with Crippen LogP contribution in [0, 0.1) is 0 Å². The van der Waals surface area contributed by atoms with Gasteiger partial charge in [0.1, 0.15) is 5.75 Å². The van der Waals surface area contributed by atoms with Crippen molar-refractivity contribution < 1.29 is 9.53 Å². The molecule has 0 spiro atoms. The number of ether oxygens (including phenoxy) is 1. The van der Waals surface area contributed by atoms with Crippen LogP contribution in [0.15, 0.2) is 22.7 Å². The number of unbranched alkanes of at least 4 members (excludes halogenated alkanes) is 1. The summed E-state index contributed by atoms with van der Waals surface area (Å²) < 4.78 is 6.37. The molecule has 110 valence electrons. The van der Waals surface area contributed by atoms with Gasteiger partial charge < -0.3 is 10.1 Å². The Hall–Kier alpha value is -1.14. The number of thiocarbonyl (C=S) groups is 1. The summed E-state index contributed by atoms with van der Waals surface area (Å²) in [4.78, 5) is 12.0. The highest BCUT2D eigenvalue weighted by Crippen LogP contribution is 2.26. The lowest BCUT2D eigenvalue weighted by atomic mass is 10.2. The van der Waals surface area contributed by atoms with Crippen molar-refractivity contribution in [1.82, 2.24) is 10.6 Å². The van der Waals surface area contributed by atoms with Crippen LogP contribution in [0.1, 0.15) is 37.0 Å². The van der Waals surface area contributed by atoms with E-state index in [1.807, 2.05) is 6.92 Å². The highest BCUT2D eigenvalue weighted by atomic mass is 79.9. The average Bonchev–Trinajstić information content (AvgIpc) is 2.41. The molecule has 20 heavy (non-hydrogen) atoms. The second-order valence-corrected chi connectivity index (χ2v) is 5.42. The Kier molecular flexibility index (Phi) is 7.54. The van der Waals surface area contributed by atoms with E-state index in [9.17, 15) is 4.79 Å². The smallest absolute Gasteiger partial charge is 0.257 e. The normalized spacial score (nSPS) is 9.95. The number of carbonyl (C=O) groups is 1. The number of hydrogen-bond acceptors (Lipinski definition) is 3. The molecule has 0 aromatic heterocycles. The maximum atomic E-state index is 12.0. The van der Waals surface area contributed by atoms with Crippen LogP contribution in [-0.2, 0) is 0 Å². The van der Waals surface area contributed by atoms with Gasteiger partial charge >= 0.3 is 0 Å². The molecule has 0 aliphatic heterocycles. The fraction of sp³-hybridized carbons (Fsp3) is 0.429. The van der Waals surface area contributed by atoms with Gasteiger partial charge in [0.15, 0.2) is 5.11 Å². The summed E-state index contributed by atoms with van der Waals surface area (Å²) in [5.41, 5.74) is 0.528. The lowest BCUT2D eigenvalue weighted by molar-refractivity contribution is 0.0976. The molecular formula is C14H19BrN2O2S. The average molecular weight is 359 g/mol. The molecule has 0 heterocycles. The van der Waals surface area contributed by atoms with E-state index in [-0.39, 0.29) is 5.91 Å². The Balaban J connectivity index is 2.66. The van der Waals surface area contributed by atoms with Crippen LogP contribution in [0.2, 0.25) is 0 Å². The van der Waals surface area contributed by atoms with Gasteiger partial charge in [0.05, 0.1) is 11.1 Å². The van der Waals surface area contributed by atoms with E-state index in [0.29, 0.717) is 23.8 Å². The molecular weight excluding hydrogens is 340 g/mol. The Morgan fingerprint density at radius 1 is 1.40 bits per heavy atom. The zero-order valence-corrected chi connectivity index (χ0v) is 14.1. The van der Waals surface area contributed by atoms with Crippen LogP contribution in [0.3, 0.4) is 0 Å². The number of rotatable bonds is 6. The third kappa shape index (κ3) is 5.46. The van der Waals surface area contributed by atoms with Gasteiger partial charge in [0.2, 0.25) is 0 Å². The zero-order valence-electron chi connectivity index (χ0n) is 11.7. The van der Waals surface area contributed by atoms with E-state index in [0.717, 1.165) is 23.1 Å². The molecule has 1 rings (SSSR count). The third-order valence-electron chi connectivity index (χ3n) is 2.51. The first-order valence-corrected chi connectivity index (χ1v) is 7.80. The zero-order chi connectivity index (χ0) is 15.0. The molecule has 2 N–H and O–H groups in total. The minimum atomic E-state index is -0.239. The quantitative estimate of drug-likeness (QED) is 0.605. The summed E-state index contributed by atoms with van der Waals surface area (Å²) in [6.07, 6.45) is 2.09. The Morgan fingerprint density at radius 2 is 2.15 bits per heavy atom. The molecule has 0 bridgehead atoms. The molecule has 0 saturated heterocycles. The first kappa shape index (κ1) is 16.9. The van der Waals surface area contributed by atoms with E-state index in [1.54, 1.807) is 18.2 Å². The molecule has 0 aliphatic rings. The Bertz CT molecular complexity index is 480. The van der Waals surface area contributed by atoms with Crippen molar-refractivity contribution in [2.45, 2.75) is 26.7 Å². The second kappa shape index (κ2) is 8.92. The van der Waals surface area contributed by atoms with Gasteiger partial charge in [0, 0.05) is 12.1 Å². The summed E-state index contributed by atoms with van der Waals surface area (Å²) in [5.74, 6) is 0.501. The molecule has 1 amide bonds. The summed E-state index contributed by atoms with van der Waals surface area (Å²) in [6.45, 7) is 5.37. The van der Waals surface area contributed by atoms with Crippen molar-refractivity contribution in [2.24, 2.45) is 0 Å². The molecule has 0 unspecified atom stereocenters. The van der Waals surface area contributed by atoms with E-state index in [2.05, 4.69) is 33.5 Å². The predicted octanol–water partition coefficient (Wildman–Crippen LogP) is 3.25. The molecule has 0 fully saturated rings. The van der Waals surface area contributed by atoms with Gasteiger partial charge in [-0.15, -0.1) is 0 Å². The van der Waals surface area contributed by atoms with Crippen molar-refractivity contribution in [3.05, 3.63) is 28.2 Å². The van der Waals surface area contributed by atoms with Crippen LogP contribution in [0.25, 0.3) is 0 Å². The molecule has 1 aromatic rings. The monoisotopic (exact) mass is 358 g/mol. The van der Waals surface area contributed by atoms with E-state index < -0.39 is 0 Å². The first-order valence-electron chi connectivity index (χ1n) is 6.60. The first-order chi connectivity index (χ1) is 9.58. The largest absolute Gasteiger partial charge is 0.492 e. The number of hydrogen-bond donors (Lipinski definition) is 2. The van der Waals surface area contributed by atoms with Crippen molar-refractivity contribution in [3.63, 3.8) is 0 Å². The van der Waals surface area contributed by atoms with Gasteiger partial charge in [-0.05, 0) is 59.7 Å². The summed E-state index contributed by atoms with van der Waals surface area (Å²) in [5, 5.41) is 5.82. The number of benzene rings is 1. The molecule has 0 aliphatic carbocycles. The summed E-state index contributed by atoms with van der Waals surface area (Å²) in [7, 11) is 0. The SMILES string of the molecule is CCCCOc1ccc(C(=O)NC(=S)NCC)cc1Br. The van der Waals surface area contributed by atoms with Crippen molar-refractivity contribution in [2.75, 3.05) is 13.2 Å². The predicted molar refractivity (Wildman–Crippen MR) is 88.3 cm³/mol. The number of carbonyl (C=O) groups excluding carboxylic acids is 1. The highest BCUT2D eigenvalue weighted by molar-refractivity contribution is 9.10. The second-order valence-electron chi connectivity index (χ2n) is 4.16. The standard InChI is InChI=1S/C14H19BrN2O2S/c1-3-5-8-19-12-7-6-10(9-11(12)15)13(18)17-14(20)16-4-2/h6-7,9H,3-5,8H2,1-2H3,(H2,16,17,18,20). The molecule has 0 atom stereocenters.